The van der Waals surface area contributed by atoms with E-state index in [4.69, 9.17) is 17.0 Å². The minimum atomic E-state index is -4.74. The molecule has 0 N–H and O–H groups in total. The van der Waals surface area contributed by atoms with Crippen molar-refractivity contribution in [1.29, 1.82) is 0 Å². The topological polar surface area (TPSA) is 0 Å². The monoisotopic (exact) mass is 651 g/mol. The van der Waals surface area contributed by atoms with Crippen LogP contribution in [-0.4, -0.2) is 5.92 Å². The first-order valence-electron chi connectivity index (χ1n) is 14.5. The molecule has 0 radical (unpaired) electrons. The molecular formula is C35H43Cl2SiZr. The average molecular weight is 654 g/mol. The van der Waals surface area contributed by atoms with Crippen molar-refractivity contribution < 1.29 is 15.6 Å². The van der Waals surface area contributed by atoms with Gasteiger partial charge < -0.3 is 0 Å². The molecule has 2 aliphatic carbocycles. The molecule has 0 nitrogen and oxygen atoms in total. The second-order valence-electron chi connectivity index (χ2n) is 12.9. The summed E-state index contributed by atoms with van der Waals surface area (Å²) in [6.45, 7) is 23.3. The zero-order valence-electron chi connectivity index (χ0n) is 25.3. The van der Waals surface area contributed by atoms with Crippen LogP contribution in [0.1, 0.15) is 78.1 Å². The van der Waals surface area contributed by atoms with Crippen LogP contribution in [0.15, 0.2) is 53.6 Å². The van der Waals surface area contributed by atoms with Crippen molar-refractivity contribution in [2.75, 3.05) is 0 Å². The number of allylic oxidation sites excluding steroid dienone is 2. The molecule has 0 bridgehead atoms. The Morgan fingerprint density at radius 3 is 1.90 bits per heavy atom. The Kier molecular flexibility index (Phi) is 7.50. The van der Waals surface area contributed by atoms with Gasteiger partial charge in [-0.2, -0.15) is 0 Å². The van der Waals surface area contributed by atoms with Crippen molar-refractivity contribution >= 4 is 35.1 Å². The molecule has 2 unspecified atom stereocenters. The van der Waals surface area contributed by atoms with Crippen molar-refractivity contribution in [2.45, 2.75) is 75.7 Å². The van der Waals surface area contributed by atoms with Crippen molar-refractivity contribution in [3.05, 3.63) is 104 Å². The van der Waals surface area contributed by atoms with Gasteiger partial charge in [-0.1, -0.05) is 0 Å². The Labute approximate surface area is 245 Å². The van der Waals surface area contributed by atoms with Gasteiger partial charge in [0.15, 0.2) is 0 Å². The Balaban J connectivity index is 1.88. The molecule has 0 amide bonds. The van der Waals surface area contributed by atoms with Crippen LogP contribution in [-0.2, 0) is 15.6 Å². The molecule has 2 atom stereocenters. The Morgan fingerprint density at radius 2 is 1.31 bits per heavy atom. The third kappa shape index (κ3) is 4.14. The summed E-state index contributed by atoms with van der Waals surface area (Å²) in [7, 11) is 17.1. The molecule has 39 heavy (non-hydrogen) atoms. The van der Waals surface area contributed by atoms with Crippen LogP contribution < -0.4 is 0 Å². The standard InChI is InChI=1S/C19H19.C14H17.C2H7Si.2ClH.Zr/c1-12-10-17-14(3)13(2)15(4)19(18(17)11-12)16-8-6-5-7-9-16;1-9(2)12-7-13-10(3)5-6-11(4)14(13)8-12;1-3-2;;;/h5-11H,1-4H3;5-9H,1-4H3;3H,1-2H3;2*1H;/q;;;;;+2/p-2. The molecule has 0 fully saturated rings. The third-order valence-corrected chi connectivity index (χ3v) is 62.0. The molecular weight excluding hydrogens is 611 g/mol. The molecule has 4 heteroatoms. The first-order chi connectivity index (χ1) is 18.2. The van der Waals surface area contributed by atoms with E-state index < -0.39 is 21.5 Å². The SMILES string of the molecule is CC1=Cc2c(-c3ccccc3)c(C)c(C)c(C)c2[CH]1[Zr]([Cl])([Cl])([CH]1C(C(C)C)=Cc2c(C)ccc(C)c21)[SiH](C)C. The number of hydrogen-bond acceptors (Lipinski definition) is 0. The van der Waals surface area contributed by atoms with Crippen molar-refractivity contribution in [2.24, 2.45) is 5.92 Å². The maximum absolute atomic E-state index is 8.57. The molecule has 0 spiro atoms. The van der Waals surface area contributed by atoms with E-state index in [1.165, 1.54) is 72.3 Å². The molecule has 5 rings (SSSR count). The third-order valence-electron chi connectivity index (χ3n) is 10.2. The quantitative estimate of drug-likeness (QED) is 0.240. The fraction of sp³-hybridized carbons (Fsp3) is 0.371. The summed E-state index contributed by atoms with van der Waals surface area (Å²) < 4.78 is 0.271. The van der Waals surface area contributed by atoms with Crippen molar-refractivity contribution in [1.82, 2.24) is 0 Å². The van der Waals surface area contributed by atoms with Crippen LogP contribution in [0.2, 0.25) is 13.1 Å². The summed E-state index contributed by atoms with van der Waals surface area (Å²) in [5.74, 6) is -1.18. The van der Waals surface area contributed by atoms with Crippen molar-refractivity contribution in [3.8, 4) is 11.1 Å². The number of benzene rings is 3. The van der Waals surface area contributed by atoms with Gasteiger partial charge in [0.2, 0.25) is 0 Å². The van der Waals surface area contributed by atoms with Gasteiger partial charge in [-0.05, 0) is 0 Å². The van der Waals surface area contributed by atoms with Crippen LogP contribution in [0.4, 0.5) is 0 Å². The molecule has 0 saturated carbocycles. The summed E-state index contributed by atoms with van der Waals surface area (Å²) in [6, 6.07) is 15.5. The van der Waals surface area contributed by atoms with Crippen molar-refractivity contribution in [3.63, 3.8) is 0 Å². The average Bonchev–Trinajstić information content (AvgIpc) is 3.47. The van der Waals surface area contributed by atoms with Gasteiger partial charge in [0.05, 0.1) is 0 Å². The van der Waals surface area contributed by atoms with Crippen LogP contribution >= 0.6 is 17.0 Å². The van der Waals surface area contributed by atoms with E-state index in [9.17, 15) is 0 Å². The van der Waals surface area contributed by atoms with E-state index in [2.05, 4.69) is 123 Å². The number of aryl methyl sites for hydroxylation is 2. The zero-order valence-corrected chi connectivity index (χ0v) is 30.4. The normalized spacial score (nSPS) is 19.6. The van der Waals surface area contributed by atoms with Crippen LogP contribution in [0.25, 0.3) is 23.3 Å². The molecule has 3 aromatic rings. The van der Waals surface area contributed by atoms with Gasteiger partial charge in [0.1, 0.15) is 0 Å². The second kappa shape index (κ2) is 9.97. The number of halogens is 2. The van der Waals surface area contributed by atoms with Gasteiger partial charge in [-0.15, -0.1) is 0 Å². The summed E-state index contributed by atoms with van der Waals surface area (Å²) >= 11 is -4.74. The fourth-order valence-corrected chi connectivity index (χ4v) is 40.0. The number of rotatable bonds is 5. The minimum absolute atomic E-state index is 0.121. The van der Waals surface area contributed by atoms with E-state index >= 15 is 0 Å². The predicted molar refractivity (Wildman–Crippen MR) is 175 cm³/mol. The molecule has 0 aromatic heterocycles. The Morgan fingerprint density at radius 1 is 0.692 bits per heavy atom. The van der Waals surface area contributed by atoms with E-state index in [0.717, 1.165) is 0 Å². The first-order valence-corrected chi connectivity index (χ1v) is 30.8. The fourth-order valence-electron chi connectivity index (χ4n) is 7.73. The van der Waals surface area contributed by atoms with E-state index in [-0.39, 0.29) is 7.25 Å². The molecule has 205 valence electrons. The van der Waals surface area contributed by atoms with E-state index in [1.54, 1.807) is 0 Å². The first kappa shape index (κ1) is 29.3. The molecule has 0 aliphatic heterocycles. The molecule has 2 aliphatic rings. The summed E-state index contributed by atoms with van der Waals surface area (Å²) in [6.07, 6.45) is 4.92. The van der Waals surface area contributed by atoms with Crippen LogP contribution in [0.5, 0.6) is 0 Å². The molecule has 0 saturated heterocycles. The van der Waals surface area contributed by atoms with Gasteiger partial charge in [0.25, 0.3) is 0 Å². The second-order valence-corrected chi connectivity index (χ2v) is 55.4. The van der Waals surface area contributed by atoms with Crippen LogP contribution in [0, 0.1) is 40.5 Å². The molecule has 3 aromatic carbocycles. The van der Waals surface area contributed by atoms with Gasteiger partial charge in [-0.25, -0.2) is 0 Å². The van der Waals surface area contributed by atoms with Gasteiger partial charge in [0, 0.05) is 0 Å². The number of hydrogen-bond donors (Lipinski definition) is 0. The van der Waals surface area contributed by atoms with E-state index in [1.807, 2.05) is 0 Å². The Bertz CT molecular complexity index is 1560. The van der Waals surface area contributed by atoms with E-state index in [0.29, 0.717) is 5.92 Å². The number of fused-ring (bicyclic) bond motifs is 2. The van der Waals surface area contributed by atoms with Gasteiger partial charge in [-0.3, -0.25) is 0 Å². The van der Waals surface area contributed by atoms with Gasteiger partial charge >= 0.3 is 247 Å². The zero-order chi connectivity index (χ0) is 28.6. The van der Waals surface area contributed by atoms with Crippen LogP contribution in [0.3, 0.4) is 0 Å². The summed E-state index contributed by atoms with van der Waals surface area (Å²) in [5.41, 5.74) is 17.8. The molecule has 0 heterocycles. The maximum atomic E-state index is 8.57. The predicted octanol–water partition coefficient (Wildman–Crippen LogP) is 11.1. The Hall–Kier alpha value is -1.18. The summed E-state index contributed by atoms with van der Waals surface area (Å²) in [4.78, 5) is 0. The summed E-state index contributed by atoms with van der Waals surface area (Å²) in [5, 5.41) is 0.